The van der Waals surface area contributed by atoms with Crippen LogP contribution in [-0.4, -0.2) is 35.6 Å². The number of aliphatic hydroxyl groups is 1. The van der Waals surface area contributed by atoms with Gasteiger partial charge >= 0.3 is 0 Å². The van der Waals surface area contributed by atoms with E-state index in [9.17, 15) is 4.79 Å². The topological polar surface area (TPSA) is 66.6 Å². The number of likely N-dealkylation sites (N-methyl/N-ethyl adjacent to an activating group) is 1. The van der Waals surface area contributed by atoms with Crippen LogP contribution in [0.2, 0.25) is 0 Å². The van der Waals surface area contributed by atoms with Gasteiger partial charge in [0.15, 0.2) is 0 Å². The first-order chi connectivity index (χ1) is 7.70. The van der Waals surface area contributed by atoms with Crippen molar-refractivity contribution < 1.29 is 9.90 Å². The zero-order valence-electron chi connectivity index (χ0n) is 9.47. The zero-order valence-corrected chi connectivity index (χ0v) is 9.47. The monoisotopic (exact) mass is 222 g/mol. The van der Waals surface area contributed by atoms with Gasteiger partial charge in [0.2, 0.25) is 5.91 Å². The van der Waals surface area contributed by atoms with E-state index in [1.54, 1.807) is 4.90 Å². The van der Waals surface area contributed by atoms with E-state index >= 15 is 0 Å². The van der Waals surface area contributed by atoms with Crippen molar-refractivity contribution in [1.82, 2.24) is 4.90 Å². The molecule has 1 rings (SSSR count). The standard InChI is InChI=1S/C12H18N2O2/c1-2-14(8-9-15)12(16)11(13)10-6-4-3-5-7-10/h3-7,11,15H,2,8-9,13H2,1H3/t11-/m0/s1. The van der Waals surface area contributed by atoms with Crippen molar-refractivity contribution >= 4 is 5.91 Å². The molecule has 1 aromatic carbocycles. The molecule has 0 saturated carbocycles. The van der Waals surface area contributed by atoms with E-state index in [0.717, 1.165) is 5.56 Å². The molecule has 0 aliphatic carbocycles. The van der Waals surface area contributed by atoms with E-state index in [-0.39, 0.29) is 12.5 Å². The van der Waals surface area contributed by atoms with Crippen molar-refractivity contribution in [3.05, 3.63) is 35.9 Å². The Balaban J connectivity index is 2.73. The van der Waals surface area contributed by atoms with Crippen molar-refractivity contribution in [2.45, 2.75) is 13.0 Å². The van der Waals surface area contributed by atoms with E-state index in [0.29, 0.717) is 13.1 Å². The van der Waals surface area contributed by atoms with Gasteiger partial charge in [-0.15, -0.1) is 0 Å². The van der Waals surface area contributed by atoms with Gasteiger partial charge in [-0.05, 0) is 12.5 Å². The van der Waals surface area contributed by atoms with Crippen molar-refractivity contribution in [2.24, 2.45) is 5.73 Å². The lowest BCUT2D eigenvalue weighted by molar-refractivity contribution is -0.133. The van der Waals surface area contributed by atoms with Crippen LogP contribution in [0.15, 0.2) is 30.3 Å². The number of amides is 1. The second-order valence-corrected chi connectivity index (χ2v) is 3.53. The highest BCUT2D eigenvalue weighted by Gasteiger charge is 2.20. The second kappa shape index (κ2) is 6.25. The van der Waals surface area contributed by atoms with E-state index in [1.807, 2.05) is 37.3 Å². The molecular weight excluding hydrogens is 204 g/mol. The SMILES string of the molecule is CCN(CCO)C(=O)[C@@H](N)c1ccccc1. The number of nitrogens with zero attached hydrogens (tertiary/aromatic N) is 1. The molecule has 4 heteroatoms. The lowest BCUT2D eigenvalue weighted by Crippen LogP contribution is -2.40. The Bertz CT molecular complexity index is 327. The summed E-state index contributed by atoms with van der Waals surface area (Å²) in [5.74, 6) is -0.150. The number of carbonyl (C=O) groups excluding carboxylic acids is 1. The molecule has 0 bridgehead atoms. The molecule has 3 N–H and O–H groups in total. The minimum atomic E-state index is -0.646. The lowest BCUT2D eigenvalue weighted by Gasteiger charge is -2.23. The lowest BCUT2D eigenvalue weighted by atomic mass is 10.1. The van der Waals surface area contributed by atoms with Gasteiger partial charge in [-0.25, -0.2) is 0 Å². The Morgan fingerprint density at radius 3 is 2.56 bits per heavy atom. The number of aliphatic hydroxyl groups excluding tert-OH is 1. The quantitative estimate of drug-likeness (QED) is 0.763. The smallest absolute Gasteiger partial charge is 0.244 e. The van der Waals surface area contributed by atoms with Crippen LogP contribution in [-0.2, 0) is 4.79 Å². The summed E-state index contributed by atoms with van der Waals surface area (Å²) >= 11 is 0. The van der Waals surface area contributed by atoms with Crippen LogP contribution in [0.3, 0.4) is 0 Å². The maximum Gasteiger partial charge on any atom is 0.244 e. The number of nitrogens with two attached hydrogens (primary N) is 1. The molecule has 0 aliphatic rings. The normalized spacial score (nSPS) is 12.2. The van der Waals surface area contributed by atoms with Crippen LogP contribution < -0.4 is 5.73 Å². The number of hydrogen-bond donors (Lipinski definition) is 2. The van der Waals surface area contributed by atoms with E-state index in [2.05, 4.69) is 0 Å². The maximum absolute atomic E-state index is 12.0. The van der Waals surface area contributed by atoms with Crippen LogP contribution >= 0.6 is 0 Å². The molecule has 16 heavy (non-hydrogen) atoms. The van der Waals surface area contributed by atoms with Gasteiger partial charge in [-0.2, -0.15) is 0 Å². The maximum atomic E-state index is 12.0. The van der Waals surface area contributed by atoms with Crippen molar-refractivity contribution in [3.8, 4) is 0 Å². The molecule has 1 aromatic rings. The minimum Gasteiger partial charge on any atom is -0.395 e. The molecule has 0 saturated heterocycles. The predicted molar refractivity (Wildman–Crippen MR) is 62.7 cm³/mol. The third kappa shape index (κ3) is 3.05. The fraction of sp³-hybridized carbons (Fsp3) is 0.417. The summed E-state index contributed by atoms with van der Waals surface area (Å²) in [6.07, 6.45) is 0. The summed E-state index contributed by atoms with van der Waals surface area (Å²) in [6.45, 7) is 2.71. The van der Waals surface area contributed by atoms with Gasteiger partial charge in [-0.1, -0.05) is 30.3 Å². The number of rotatable bonds is 5. The van der Waals surface area contributed by atoms with Crippen molar-refractivity contribution in [2.75, 3.05) is 19.7 Å². The predicted octanol–water partition coefficient (Wildman–Crippen LogP) is 0.527. The number of carbonyl (C=O) groups is 1. The molecule has 88 valence electrons. The third-order valence-corrected chi connectivity index (χ3v) is 2.49. The van der Waals surface area contributed by atoms with Gasteiger partial charge in [0.1, 0.15) is 6.04 Å². The Morgan fingerprint density at radius 1 is 1.44 bits per heavy atom. The Labute approximate surface area is 95.7 Å². The third-order valence-electron chi connectivity index (χ3n) is 2.49. The average molecular weight is 222 g/mol. The highest BCUT2D eigenvalue weighted by atomic mass is 16.3. The first-order valence-electron chi connectivity index (χ1n) is 5.40. The van der Waals surface area contributed by atoms with E-state index < -0.39 is 6.04 Å². The molecule has 0 aromatic heterocycles. The van der Waals surface area contributed by atoms with Crippen LogP contribution in [0.5, 0.6) is 0 Å². The summed E-state index contributed by atoms with van der Waals surface area (Å²) < 4.78 is 0. The van der Waals surface area contributed by atoms with Crippen LogP contribution in [0.1, 0.15) is 18.5 Å². The number of benzene rings is 1. The highest BCUT2D eigenvalue weighted by Crippen LogP contribution is 2.12. The van der Waals surface area contributed by atoms with Gasteiger partial charge in [0, 0.05) is 13.1 Å². The summed E-state index contributed by atoms with van der Waals surface area (Å²) in [4.78, 5) is 13.5. The molecule has 4 nitrogen and oxygen atoms in total. The minimum absolute atomic E-state index is 0.0406. The van der Waals surface area contributed by atoms with Gasteiger partial charge in [-0.3, -0.25) is 4.79 Å². The van der Waals surface area contributed by atoms with Crippen LogP contribution in [0, 0.1) is 0 Å². The van der Waals surface area contributed by atoms with E-state index in [1.165, 1.54) is 0 Å². The number of hydrogen-bond acceptors (Lipinski definition) is 3. The molecule has 1 atom stereocenters. The van der Waals surface area contributed by atoms with Gasteiger partial charge in [0.05, 0.1) is 6.61 Å². The molecule has 0 fully saturated rings. The summed E-state index contributed by atoms with van der Waals surface area (Å²) in [5.41, 5.74) is 6.67. The molecule has 0 radical (unpaired) electrons. The van der Waals surface area contributed by atoms with Crippen LogP contribution in [0.4, 0.5) is 0 Å². The fourth-order valence-corrected chi connectivity index (χ4v) is 1.54. The summed E-state index contributed by atoms with van der Waals surface area (Å²) in [6, 6.07) is 8.60. The highest BCUT2D eigenvalue weighted by molar-refractivity contribution is 5.83. The second-order valence-electron chi connectivity index (χ2n) is 3.53. The van der Waals surface area contributed by atoms with Crippen molar-refractivity contribution in [1.29, 1.82) is 0 Å². The largest absolute Gasteiger partial charge is 0.395 e. The van der Waals surface area contributed by atoms with E-state index in [4.69, 9.17) is 10.8 Å². The van der Waals surface area contributed by atoms with Gasteiger partial charge < -0.3 is 15.7 Å². The Hall–Kier alpha value is -1.39. The molecule has 1 amide bonds. The zero-order chi connectivity index (χ0) is 12.0. The average Bonchev–Trinajstić information content (AvgIpc) is 2.35. The fourth-order valence-electron chi connectivity index (χ4n) is 1.54. The Kier molecular flexibility index (Phi) is 4.95. The molecule has 0 aliphatic heterocycles. The summed E-state index contributed by atoms with van der Waals surface area (Å²) in [5, 5.41) is 8.83. The first kappa shape index (κ1) is 12.7. The molecule has 0 unspecified atom stereocenters. The molecule has 0 heterocycles. The molecule has 0 spiro atoms. The molecular formula is C12H18N2O2. The van der Waals surface area contributed by atoms with Gasteiger partial charge in [0.25, 0.3) is 0 Å². The van der Waals surface area contributed by atoms with Crippen molar-refractivity contribution in [3.63, 3.8) is 0 Å². The van der Waals surface area contributed by atoms with Crippen LogP contribution in [0.25, 0.3) is 0 Å². The first-order valence-corrected chi connectivity index (χ1v) is 5.40. The summed E-state index contributed by atoms with van der Waals surface area (Å²) in [7, 11) is 0. The Morgan fingerprint density at radius 2 is 2.06 bits per heavy atom.